The molecule has 1 aliphatic heterocycles. The van der Waals surface area contributed by atoms with E-state index < -0.39 is 17.7 Å². The molecule has 0 spiro atoms. The van der Waals surface area contributed by atoms with Gasteiger partial charge in [0.05, 0.1) is 25.3 Å². The normalized spacial score (nSPS) is 17.4. The third-order valence-electron chi connectivity index (χ3n) is 5.28. The Kier molecular flexibility index (Phi) is 6.69. The van der Waals surface area contributed by atoms with Crippen molar-refractivity contribution in [1.82, 2.24) is 9.97 Å². The summed E-state index contributed by atoms with van der Waals surface area (Å²) in [4.78, 5) is 35.7. The lowest BCUT2D eigenvalue weighted by molar-refractivity contribution is -0.132. The number of aliphatic hydroxyl groups is 1. The van der Waals surface area contributed by atoms with Crippen LogP contribution in [0.4, 0.5) is 5.13 Å². The molecule has 4 rings (SSSR count). The van der Waals surface area contributed by atoms with Gasteiger partial charge in [0.25, 0.3) is 5.78 Å². The number of ketones is 1. The second-order valence-electron chi connectivity index (χ2n) is 7.33. The summed E-state index contributed by atoms with van der Waals surface area (Å²) >= 11 is 1.23. The van der Waals surface area contributed by atoms with Gasteiger partial charge in [0.1, 0.15) is 5.76 Å². The van der Waals surface area contributed by atoms with Crippen molar-refractivity contribution in [2.24, 2.45) is 0 Å². The SMILES string of the molecule is CCCCOc1ccc(C2/C(=C(\O)c3ccncc3)C(=O)C(=O)N2c2nccs2)cc1OC. The molecule has 1 atom stereocenters. The highest BCUT2D eigenvalue weighted by Gasteiger charge is 2.48. The minimum atomic E-state index is -0.886. The minimum Gasteiger partial charge on any atom is -0.507 e. The Bertz CT molecular complexity index is 1180. The minimum absolute atomic E-state index is 0.0249. The molecule has 2 aromatic heterocycles. The average molecular weight is 466 g/mol. The number of carbonyl (C=O) groups excluding carboxylic acids is 2. The molecule has 8 nitrogen and oxygen atoms in total. The van der Waals surface area contributed by atoms with E-state index in [2.05, 4.69) is 16.9 Å². The Morgan fingerprint density at radius 1 is 1.15 bits per heavy atom. The van der Waals surface area contributed by atoms with E-state index in [1.54, 1.807) is 41.9 Å². The van der Waals surface area contributed by atoms with Crippen molar-refractivity contribution in [3.05, 3.63) is 71.0 Å². The van der Waals surface area contributed by atoms with E-state index in [1.165, 1.54) is 35.7 Å². The number of anilines is 1. The van der Waals surface area contributed by atoms with E-state index in [1.807, 2.05) is 0 Å². The smallest absolute Gasteiger partial charge is 0.301 e. The molecular weight excluding hydrogens is 442 g/mol. The van der Waals surface area contributed by atoms with Crippen molar-refractivity contribution < 1.29 is 24.2 Å². The number of benzene rings is 1. The van der Waals surface area contributed by atoms with Gasteiger partial charge in [0.2, 0.25) is 0 Å². The van der Waals surface area contributed by atoms with Crippen LogP contribution in [0.1, 0.15) is 36.9 Å². The highest BCUT2D eigenvalue weighted by atomic mass is 32.1. The zero-order valence-corrected chi connectivity index (χ0v) is 19.0. The molecule has 170 valence electrons. The van der Waals surface area contributed by atoms with Crippen LogP contribution >= 0.6 is 11.3 Å². The summed E-state index contributed by atoms with van der Waals surface area (Å²) in [5.74, 6) is -0.783. The zero-order chi connectivity index (χ0) is 23.4. The lowest BCUT2D eigenvalue weighted by Crippen LogP contribution is -2.29. The summed E-state index contributed by atoms with van der Waals surface area (Å²) in [6, 6.07) is 7.50. The van der Waals surface area contributed by atoms with E-state index >= 15 is 0 Å². The lowest BCUT2D eigenvalue weighted by atomic mass is 9.95. The highest BCUT2D eigenvalue weighted by Crippen LogP contribution is 2.44. The molecule has 1 N–H and O–H groups in total. The number of nitrogens with zero attached hydrogens (tertiary/aromatic N) is 3. The summed E-state index contributed by atoms with van der Waals surface area (Å²) in [5.41, 5.74) is 0.946. The highest BCUT2D eigenvalue weighted by molar-refractivity contribution is 7.14. The third kappa shape index (κ3) is 4.31. The van der Waals surface area contributed by atoms with Crippen molar-refractivity contribution in [3.63, 3.8) is 0 Å². The number of amides is 1. The van der Waals surface area contributed by atoms with Gasteiger partial charge in [0, 0.05) is 29.5 Å². The molecule has 0 aliphatic carbocycles. The molecule has 1 saturated heterocycles. The standard InChI is InChI=1S/C24H23N3O5S/c1-3-4-12-32-17-6-5-16(14-18(17)31-2)20-19(21(28)15-7-9-25-10-8-15)22(29)23(30)27(20)24-26-11-13-33-24/h5-11,13-14,20,28H,3-4,12H2,1-2H3/b21-19+. The number of hydrogen-bond acceptors (Lipinski definition) is 8. The number of unbranched alkanes of at least 4 members (excludes halogenated alkanes) is 1. The van der Waals surface area contributed by atoms with Gasteiger partial charge in [-0.2, -0.15) is 0 Å². The lowest BCUT2D eigenvalue weighted by Gasteiger charge is -2.24. The Balaban J connectivity index is 1.85. The van der Waals surface area contributed by atoms with Crippen molar-refractivity contribution >= 4 is 33.9 Å². The van der Waals surface area contributed by atoms with Crippen molar-refractivity contribution in [2.45, 2.75) is 25.8 Å². The van der Waals surface area contributed by atoms with Gasteiger partial charge in [-0.1, -0.05) is 19.4 Å². The van der Waals surface area contributed by atoms with Gasteiger partial charge in [0.15, 0.2) is 16.6 Å². The first-order valence-corrected chi connectivity index (χ1v) is 11.4. The molecular formula is C24H23N3O5S. The van der Waals surface area contributed by atoms with E-state index in [4.69, 9.17) is 9.47 Å². The summed E-state index contributed by atoms with van der Waals surface area (Å²) < 4.78 is 11.3. The Morgan fingerprint density at radius 3 is 2.61 bits per heavy atom. The zero-order valence-electron chi connectivity index (χ0n) is 18.2. The summed E-state index contributed by atoms with van der Waals surface area (Å²) in [7, 11) is 1.53. The predicted octanol–water partition coefficient (Wildman–Crippen LogP) is 4.35. The summed E-state index contributed by atoms with van der Waals surface area (Å²) in [6.07, 6.45) is 6.47. The van der Waals surface area contributed by atoms with Crippen LogP contribution in [0.25, 0.3) is 5.76 Å². The molecule has 1 fully saturated rings. The van der Waals surface area contributed by atoms with Gasteiger partial charge in [-0.05, 0) is 36.2 Å². The van der Waals surface area contributed by atoms with Crippen molar-refractivity contribution in [1.29, 1.82) is 0 Å². The summed E-state index contributed by atoms with van der Waals surface area (Å²) in [5, 5.41) is 13.1. The fourth-order valence-electron chi connectivity index (χ4n) is 3.65. The van der Waals surface area contributed by atoms with Gasteiger partial charge in [-0.3, -0.25) is 19.5 Å². The molecule has 9 heteroatoms. The van der Waals surface area contributed by atoms with Gasteiger partial charge in [-0.25, -0.2) is 4.98 Å². The second-order valence-corrected chi connectivity index (χ2v) is 8.20. The van der Waals surface area contributed by atoms with Crippen LogP contribution in [-0.4, -0.2) is 40.5 Å². The number of rotatable bonds is 8. The molecule has 0 bridgehead atoms. The first-order valence-electron chi connectivity index (χ1n) is 10.5. The Labute approximate surface area is 195 Å². The number of aliphatic hydroxyl groups excluding tert-OH is 1. The quantitative estimate of drug-likeness (QED) is 0.228. The van der Waals surface area contributed by atoms with Gasteiger partial charge < -0.3 is 14.6 Å². The van der Waals surface area contributed by atoms with Gasteiger partial charge in [-0.15, -0.1) is 11.3 Å². The number of hydrogen-bond donors (Lipinski definition) is 1. The first-order chi connectivity index (χ1) is 16.1. The predicted molar refractivity (Wildman–Crippen MR) is 125 cm³/mol. The van der Waals surface area contributed by atoms with E-state index in [0.717, 1.165) is 12.8 Å². The molecule has 1 aliphatic rings. The molecule has 1 unspecified atom stereocenters. The topological polar surface area (TPSA) is 102 Å². The average Bonchev–Trinajstić information content (AvgIpc) is 3.46. The molecule has 3 heterocycles. The molecule has 33 heavy (non-hydrogen) atoms. The molecule has 3 aromatic rings. The van der Waals surface area contributed by atoms with Crippen LogP contribution in [0.2, 0.25) is 0 Å². The number of carbonyl (C=O) groups is 2. The third-order valence-corrected chi connectivity index (χ3v) is 6.05. The molecule has 1 aromatic carbocycles. The van der Waals surface area contributed by atoms with Crippen LogP contribution in [0.3, 0.4) is 0 Å². The van der Waals surface area contributed by atoms with E-state index in [0.29, 0.717) is 34.4 Å². The molecule has 0 saturated carbocycles. The van der Waals surface area contributed by atoms with E-state index in [9.17, 15) is 14.7 Å². The molecule has 1 amide bonds. The van der Waals surface area contributed by atoms with Crippen LogP contribution < -0.4 is 14.4 Å². The van der Waals surface area contributed by atoms with Crippen LogP contribution in [0.15, 0.2) is 59.9 Å². The fraction of sp³-hybridized carbons (Fsp3) is 0.250. The second kappa shape index (κ2) is 9.83. The fourth-order valence-corrected chi connectivity index (χ4v) is 4.31. The monoisotopic (exact) mass is 465 g/mol. The largest absolute Gasteiger partial charge is 0.507 e. The molecule has 0 radical (unpaired) electrons. The number of pyridine rings is 1. The number of methoxy groups -OCH3 is 1. The van der Waals surface area contributed by atoms with Crippen molar-refractivity contribution in [2.75, 3.05) is 18.6 Å². The number of aromatic nitrogens is 2. The first kappa shape index (κ1) is 22.5. The van der Waals surface area contributed by atoms with E-state index in [-0.39, 0.29) is 11.3 Å². The van der Waals surface area contributed by atoms with Crippen molar-refractivity contribution in [3.8, 4) is 11.5 Å². The maximum atomic E-state index is 13.1. The summed E-state index contributed by atoms with van der Waals surface area (Å²) in [6.45, 7) is 2.62. The van der Waals surface area contributed by atoms with Crippen LogP contribution in [-0.2, 0) is 9.59 Å². The Hall–Kier alpha value is -3.72. The Morgan fingerprint density at radius 2 is 1.94 bits per heavy atom. The maximum Gasteiger partial charge on any atom is 0.301 e. The van der Waals surface area contributed by atoms with Crippen LogP contribution in [0.5, 0.6) is 11.5 Å². The van der Waals surface area contributed by atoms with Gasteiger partial charge >= 0.3 is 5.91 Å². The number of Topliss-reactive ketones (excluding diaryl/α,β-unsaturated/α-hetero) is 1. The number of ether oxygens (including phenoxy) is 2. The number of thiazole rings is 1. The maximum absolute atomic E-state index is 13.1. The van der Waals surface area contributed by atoms with Crippen LogP contribution in [0, 0.1) is 0 Å².